The molecule has 1 N–H and O–H groups in total. The quantitative estimate of drug-likeness (QED) is 0.788. The van der Waals surface area contributed by atoms with Gasteiger partial charge in [-0.2, -0.15) is 13.2 Å². The van der Waals surface area contributed by atoms with Gasteiger partial charge in [0, 0.05) is 19.0 Å². The second-order valence-electron chi connectivity index (χ2n) is 6.88. The summed E-state index contributed by atoms with van der Waals surface area (Å²) in [4.78, 5) is 14.5. The van der Waals surface area contributed by atoms with Crippen LogP contribution in [0.3, 0.4) is 0 Å². The third-order valence-electron chi connectivity index (χ3n) is 4.83. The number of halogens is 4. The molecule has 0 bridgehead atoms. The molecule has 1 aliphatic rings. The number of amides is 1. The van der Waals surface area contributed by atoms with Gasteiger partial charge in [0.2, 0.25) is 5.91 Å². The third kappa shape index (κ3) is 6.47. The van der Waals surface area contributed by atoms with Crippen LogP contribution in [-0.4, -0.2) is 37.0 Å². The Kier molecular flexibility index (Phi) is 8.90. The first-order chi connectivity index (χ1) is 11.8. The highest BCUT2D eigenvalue weighted by Gasteiger charge is 2.31. The Hall–Kier alpha value is -1.27. The van der Waals surface area contributed by atoms with Gasteiger partial charge in [-0.25, -0.2) is 0 Å². The number of alkyl halides is 3. The molecule has 0 aromatic heterocycles. The number of hydrogen-bond acceptors (Lipinski definition) is 2. The average Bonchev–Trinajstić information content (AvgIpc) is 2.59. The first kappa shape index (κ1) is 22.8. The van der Waals surface area contributed by atoms with E-state index in [1.54, 1.807) is 13.0 Å². The van der Waals surface area contributed by atoms with Crippen LogP contribution in [0, 0.1) is 11.8 Å². The molecule has 1 unspecified atom stereocenters. The van der Waals surface area contributed by atoms with Crippen molar-refractivity contribution in [3.8, 4) is 0 Å². The lowest BCUT2D eigenvalue weighted by Crippen LogP contribution is -2.43. The summed E-state index contributed by atoms with van der Waals surface area (Å²) in [7, 11) is 0. The van der Waals surface area contributed by atoms with Gasteiger partial charge in [-0.3, -0.25) is 4.79 Å². The molecule has 2 rings (SSSR count). The van der Waals surface area contributed by atoms with Crippen molar-refractivity contribution >= 4 is 18.3 Å². The zero-order chi connectivity index (χ0) is 18.4. The predicted octanol–water partition coefficient (Wildman–Crippen LogP) is 4.15. The lowest BCUT2D eigenvalue weighted by molar-refractivity contribution is -0.137. The van der Waals surface area contributed by atoms with Gasteiger partial charge < -0.3 is 10.2 Å². The fourth-order valence-electron chi connectivity index (χ4n) is 3.33. The van der Waals surface area contributed by atoms with Gasteiger partial charge in [-0.1, -0.05) is 32.0 Å². The summed E-state index contributed by atoms with van der Waals surface area (Å²) < 4.78 is 38.4. The summed E-state index contributed by atoms with van der Waals surface area (Å²) in [6.45, 7) is 7.29. The van der Waals surface area contributed by atoms with Crippen LogP contribution < -0.4 is 5.32 Å². The summed E-state index contributed by atoms with van der Waals surface area (Å²) in [6.07, 6.45) is -2.05. The molecule has 1 fully saturated rings. The van der Waals surface area contributed by atoms with E-state index in [1.807, 2.05) is 4.90 Å². The topological polar surface area (TPSA) is 32.3 Å². The zero-order valence-corrected chi connectivity index (χ0v) is 16.1. The lowest BCUT2D eigenvalue weighted by atomic mass is 9.94. The number of carbonyl (C=O) groups excluding carboxylic acids is 1. The van der Waals surface area contributed by atoms with E-state index in [9.17, 15) is 18.0 Å². The molecule has 1 aromatic carbocycles. The second kappa shape index (κ2) is 10.2. The average molecular weight is 393 g/mol. The van der Waals surface area contributed by atoms with Gasteiger partial charge in [-0.15, -0.1) is 12.4 Å². The smallest absolute Gasteiger partial charge is 0.342 e. The van der Waals surface area contributed by atoms with Crippen molar-refractivity contribution in [2.45, 2.75) is 39.3 Å². The van der Waals surface area contributed by atoms with Crippen LogP contribution in [0.25, 0.3) is 0 Å². The summed E-state index contributed by atoms with van der Waals surface area (Å²) in [5, 5.41) is 3.34. The Labute approximate surface area is 159 Å². The van der Waals surface area contributed by atoms with Crippen molar-refractivity contribution in [2.24, 2.45) is 11.8 Å². The Morgan fingerprint density at radius 3 is 2.54 bits per heavy atom. The third-order valence-corrected chi connectivity index (χ3v) is 4.83. The van der Waals surface area contributed by atoms with Crippen LogP contribution in [0.15, 0.2) is 24.3 Å². The summed E-state index contributed by atoms with van der Waals surface area (Å²) in [6, 6.07) is 5.26. The summed E-state index contributed by atoms with van der Waals surface area (Å²) >= 11 is 0. The molecule has 0 saturated carbocycles. The van der Waals surface area contributed by atoms with Crippen molar-refractivity contribution in [3.05, 3.63) is 35.4 Å². The zero-order valence-electron chi connectivity index (χ0n) is 15.3. The van der Waals surface area contributed by atoms with Crippen LogP contribution in [-0.2, 0) is 17.4 Å². The first-order valence-electron chi connectivity index (χ1n) is 8.97. The largest absolute Gasteiger partial charge is 0.416 e. The van der Waals surface area contributed by atoms with Crippen LogP contribution in [0.4, 0.5) is 13.2 Å². The normalized spacial score (nSPS) is 16.9. The number of piperidine rings is 1. The lowest BCUT2D eigenvalue weighted by Gasteiger charge is -2.33. The molecule has 7 heteroatoms. The number of hydrogen-bond donors (Lipinski definition) is 1. The van der Waals surface area contributed by atoms with Gasteiger partial charge in [0.25, 0.3) is 0 Å². The van der Waals surface area contributed by atoms with Crippen LogP contribution in [0.1, 0.15) is 37.8 Å². The number of nitrogens with one attached hydrogen (secondary N) is 1. The Bertz CT molecular complexity index is 572. The fourth-order valence-corrected chi connectivity index (χ4v) is 3.33. The number of rotatable bonds is 6. The molecule has 26 heavy (non-hydrogen) atoms. The first-order valence-corrected chi connectivity index (χ1v) is 8.97. The summed E-state index contributed by atoms with van der Waals surface area (Å²) in [5.41, 5.74) is -0.105. The van der Waals surface area contributed by atoms with E-state index in [1.165, 1.54) is 6.07 Å². The predicted molar refractivity (Wildman–Crippen MR) is 99.4 cm³/mol. The molecule has 1 saturated heterocycles. The van der Waals surface area contributed by atoms with E-state index in [2.05, 4.69) is 12.2 Å². The van der Waals surface area contributed by atoms with Crippen molar-refractivity contribution < 1.29 is 18.0 Å². The van der Waals surface area contributed by atoms with E-state index < -0.39 is 11.7 Å². The van der Waals surface area contributed by atoms with Gasteiger partial charge in [0.05, 0.1) is 5.56 Å². The van der Waals surface area contributed by atoms with Gasteiger partial charge >= 0.3 is 6.18 Å². The van der Waals surface area contributed by atoms with Crippen LogP contribution in [0.2, 0.25) is 0 Å². The summed E-state index contributed by atoms with van der Waals surface area (Å²) in [5.74, 6) is 0.330. The highest BCUT2D eigenvalue weighted by Crippen LogP contribution is 2.30. The monoisotopic (exact) mass is 392 g/mol. The maximum Gasteiger partial charge on any atom is 0.416 e. The van der Waals surface area contributed by atoms with Crippen molar-refractivity contribution in [2.75, 3.05) is 26.2 Å². The number of benzene rings is 1. The molecule has 1 aromatic rings. The molecular formula is C19H28ClF3N2O. The van der Waals surface area contributed by atoms with Crippen LogP contribution >= 0.6 is 12.4 Å². The van der Waals surface area contributed by atoms with Crippen molar-refractivity contribution in [3.63, 3.8) is 0 Å². The SMILES string of the molecule is CCNCC1CCN(C(=O)C(C)Cc2cccc(C(F)(F)F)c2)CC1.Cl. The maximum absolute atomic E-state index is 12.8. The minimum atomic E-state index is -4.35. The molecule has 1 amide bonds. The molecule has 148 valence electrons. The molecule has 0 aliphatic carbocycles. The molecule has 0 radical (unpaired) electrons. The number of likely N-dealkylation sites (tertiary alicyclic amines) is 1. The standard InChI is InChI=1S/C19H27F3N2O.ClH/c1-3-23-13-15-7-9-24(10-8-15)18(25)14(2)11-16-5-4-6-17(12-16)19(20,21)22;/h4-6,12,14-15,23H,3,7-11,13H2,1-2H3;1H. The van der Waals surface area contributed by atoms with Crippen LogP contribution in [0.5, 0.6) is 0 Å². The molecule has 0 spiro atoms. The Morgan fingerprint density at radius 1 is 1.31 bits per heavy atom. The maximum atomic E-state index is 12.8. The molecule has 1 heterocycles. The van der Waals surface area contributed by atoms with Crippen molar-refractivity contribution in [1.82, 2.24) is 10.2 Å². The highest BCUT2D eigenvalue weighted by molar-refractivity contribution is 5.85. The number of nitrogens with zero attached hydrogens (tertiary/aromatic N) is 1. The van der Waals surface area contributed by atoms with E-state index >= 15 is 0 Å². The van der Waals surface area contributed by atoms with Crippen molar-refractivity contribution in [1.29, 1.82) is 0 Å². The van der Waals surface area contributed by atoms with E-state index in [0.717, 1.165) is 51.2 Å². The minimum absolute atomic E-state index is 0. The fraction of sp³-hybridized carbons (Fsp3) is 0.632. The molecule has 1 atom stereocenters. The minimum Gasteiger partial charge on any atom is -0.342 e. The van der Waals surface area contributed by atoms with E-state index in [0.29, 0.717) is 17.9 Å². The van der Waals surface area contributed by atoms with E-state index in [4.69, 9.17) is 0 Å². The highest BCUT2D eigenvalue weighted by atomic mass is 35.5. The van der Waals surface area contributed by atoms with Gasteiger partial charge in [-0.05, 0) is 49.9 Å². The van der Waals surface area contributed by atoms with Gasteiger partial charge in [0.15, 0.2) is 0 Å². The molecule has 3 nitrogen and oxygen atoms in total. The molecular weight excluding hydrogens is 365 g/mol. The molecule has 1 aliphatic heterocycles. The Balaban J connectivity index is 0.00000338. The van der Waals surface area contributed by atoms with E-state index in [-0.39, 0.29) is 24.2 Å². The number of carbonyl (C=O) groups is 1. The second-order valence-corrected chi connectivity index (χ2v) is 6.88. The Morgan fingerprint density at radius 2 is 1.96 bits per heavy atom. The van der Waals surface area contributed by atoms with Gasteiger partial charge in [0.1, 0.15) is 0 Å².